The summed E-state index contributed by atoms with van der Waals surface area (Å²) in [4.78, 5) is -0.111. The Bertz CT molecular complexity index is 887. The van der Waals surface area contributed by atoms with Gasteiger partial charge in [0.1, 0.15) is 0 Å². The van der Waals surface area contributed by atoms with Crippen LogP contribution in [-0.4, -0.2) is 23.1 Å². The zero-order valence-corrected chi connectivity index (χ0v) is 13.9. The normalized spacial score (nSPS) is 12.1. The Morgan fingerprint density at radius 2 is 1.55 bits per heavy atom. The molecule has 2 aromatic rings. The minimum atomic E-state index is -3.84. The van der Waals surface area contributed by atoms with Crippen molar-refractivity contribution >= 4 is 25.5 Å². The highest BCUT2D eigenvalue weighted by Crippen LogP contribution is 2.22. The van der Waals surface area contributed by atoms with E-state index in [-0.39, 0.29) is 9.79 Å². The quantitative estimate of drug-likeness (QED) is 0.907. The molecule has 2 aromatic carbocycles. The molecule has 0 aliphatic carbocycles. The van der Waals surface area contributed by atoms with E-state index in [0.717, 1.165) is 17.9 Å². The highest BCUT2D eigenvalue weighted by Gasteiger charge is 2.18. The van der Waals surface area contributed by atoms with Crippen molar-refractivity contribution in [3.05, 3.63) is 54.1 Å². The van der Waals surface area contributed by atoms with Crippen LogP contribution < -0.4 is 4.72 Å². The lowest BCUT2D eigenvalue weighted by molar-refractivity contribution is 0.599. The van der Waals surface area contributed by atoms with Gasteiger partial charge in [-0.3, -0.25) is 4.72 Å². The van der Waals surface area contributed by atoms with Crippen LogP contribution in [0.25, 0.3) is 0 Å². The van der Waals surface area contributed by atoms with Gasteiger partial charge in [0.15, 0.2) is 9.84 Å². The first-order chi connectivity index (χ1) is 10.2. The van der Waals surface area contributed by atoms with Gasteiger partial charge in [-0.2, -0.15) is 0 Å². The molecule has 7 heteroatoms. The van der Waals surface area contributed by atoms with E-state index in [0.29, 0.717) is 12.1 Å². The van der Waals surface area contributed by atoms with Gasteiger partial charge in [0.25, 0.3) is 10.0 Å². The summed E-state index contributed by atoms with van der Waals surface area (Å²) < 4.78 is 50.5. The SMILES string of the molecule is CCc1ccccc1NS(=O)(=O)c1cccc(S(C)(=O)=O)c1. The van der Waals surface area contributed by atoms with E-state index in [2.05, 4.69) is 4.72 Å². The van der Waals surface area contributed by atoms with Gasteiger partial charge < -0.3 is 0 Å². The third kappa shape index (κ3) is 3.66. The van der Waals surface area contributed by atoms with E-state index < -0.39 is 19.9 Å². The maximum Gasteiger partial charge on any atom is 0.261 e. The lowest BCUT2D eigenvalue weighted by atomic mass is 10.1. The number of anilines is 1. The van der Waals surface area contributed by atoms with Crippen LogP contribution in [0.15, 0.2) is 58.3 Å². The molecule has 0 heterocycles. The van der Waals surface area contributed by atoms with E-state index in [1.54, 1.807) is 12.1 Å². The molecular formula is C15H17NO4S2. The molecule has 0 unspecified atom stereocenters. The maximum absolute atomic E-state index is 12.4. The minimum Gasteiger partial charge on any atom is -0.279 e. The minimum absolute atomic E-state index is 0.0286. The van der Waals surface area contributed by atoms with Crippen LogP contribution in [0.1, 0.15) is 12.5 Å². The molecule has 0 spiro atoms. The van der Waals surface area contributed by atoms with Crippen molar-refractivity contribution in [2.45, 2.75) is 23.1 Å². The van der Waals surface area contributed by atoms with Crippen LogP contribution >= 0.6 is 0 Å². The molecule has 0 bridgehead atoms. The molecule has 0 atom stereocenters. The molecule has 0 saturated heterocycles. The van der Waals surface area contributed by atoms with Gasteiger partial charge in [-0.1, -0.05) is 31.2 Å². The molecule has 0 amide bonds. The fourth-order valence-corrected chi connectivity index (χ4v) is 3.89. The second kappa shape index (κ2) is 6.10. The lowest BCUT2D eigenvalue weighted by Gasteiger charge is -2.12. The fourth-order valence-electron chi connectivity index (χ4n) is 2.00. The summed E-state index contributed by atoms with van der Waals surface area (Å²) in [5, 5.41) is 0. The highest BCUT2D eigenvalue weighted by atomic mass is 32.2. The molecule has 118 valence electrons. The maximum atomic E-state index is 12.4. The number of hydrogen-bond acceptors (Lipinski definition) is 4. The summed E-state index contributed by atoms with van der Waals surface area (Å²) in [5.74, 6) is 0. The number of rotatable bonds is 5. The summed E-state index contributed by atoms with van der Waals surface area (Å²) in [6, 6.07) is 12.4. The predicted molar refractivity (Wildman–Crippen MR) is 86.2 cm³/mol. The molecule has 5 nitrogen and oxygen atoms in total. The lowest BCUT2D eigenvalue weighted by Crippen LogP contribution is -2.14. The number of para-hydroxylation sites is 1. The molecule has 0 saturated carbocycles. The summed E-state index contributed by atoms with van der Waals surface area (Å²) >= 11 is 0. The monoisotopic (exact) mass is 339 g/mol. The summed E-state index contributed by atoms with van der Waals surface area (Å²) in [6.07, 6.45) is 1.72. The Labute approximate surface area is 131 Å². The van der Waals surface area contributed by atoms with E-state index in [4.69, 9.17) is 0 Å². The van der Waals surface area contributed by atoms with Gasteiger partial charge in [0.2, 0.25) is 0 Å². The van der Waals surface area contributed by atoms with E-state index in [1.807, 2.05) is 19.1 Å². The van der Waals surface area contributed by atoms with Crippen molar-refractivity contribution in [3.63, 3.8) is 0 Å². The average molecular weight is 339 g/mol. The Hall–Kier alpha value is -1.86. The Morgan fingerprint density at radius 3 is 2.18 bits per heavy atom. The van der Waals surface area contributed by atoms with Crippen LogP contribution in [0.5, 0.6) is 0 Å². The van der Waals surface area contributed by atoms with Crippen LogP contribution in [0.2, 0.25) is 0 Å². The smallest absolute Gasteiger partial charge is 0.261 e. The van der Waals surface area contributed by atoms with Crippen molar-refractivity contribution in [2.24, 2.45) is 0 Å². The number of aryl methyl sites for hydroxylation is 1. The standard InChI is InChI=1S/C15H17NO4S2/c1-3-12-7-4-5-10-15(12)16-22(19,20)14-9-6-8-13(11-14)21(2,17)18/h4-11,16H,3H2,1-2H3. The molecule has 2 rings (SSSR count). The second-order valence-corrected chi connectivity index (χ2v) is 8.56. The summed E-state index contributed by atoms with van der Waals surface area (Å²) in [6.45, 7) is 1.93. The average Bonchev–Trinajstić information content (AvgIpc) is 2.47. The zero-order valence-electron chi connectivity index (χ0n) is 12.3. The predicted octanol–water partition coefficient (Wildman–Crippen LogP) is 2.45. The Kier molecular flexibility index (Phi) is 4.58. The van der Waals surface area contributed by atoms with E-state index in [1.165, 1.54) is 18.2 Å². The fraction of sp³-hybridized carbons (Fsp3) is 0.200. The molecule has 0 aromatic heterocycles. The third-order valence-electron chi connectivity index (χ3n) is 3.19. The van der Waals surface area contributed by atoms with Gasteiger partial charge in [-0.25, -0.2) is 16.8 Å². The topological polar surface area (TPSA) is 80.3 Å². The van der Waals surface area contributed by atoms with Crippen molar-refractivity contribution in [3.8, 4) is 0 Å². The number of benzene rings is 2. The van der Waals surface area contributed by atoms with Crippen LogP contribution in [0.3, 0.4) is 0 Å². The van der Waals surface area contributed by atoms with Gasteiger partial charge in [-0.15, -0.1) is 0 Å². The number of sulfonamides is 1. The molecule has 0 aliphatic rings. The molecule has 1 N–H and O–H groups in total. The first-order valence-corrected chi connectivity index (χ1v) is 10.0. The highest BCUT2D eigenvalue weighted by molar-refractivity contribution is 7.93. The van der Waals surface area contributed by atoms with Gasteiger partial charge in [0, 0.05) is 6.26 Å². The van der Waals surface area contributed by atoms with E-state index in [9.17, 15) is 16.8 Å². The first-order valence-electron chi connectivity index (χ1n) is 6.65. The second-order valence-electron chi connectivity index (χ2n) is 4.86. The van der Waals surface area contributed by atoms with E-state index >= 15 is 0 Å². The van der Waals surface area contributed by atoms with Crippen LogP contribution in [0.4, 0.5) is 5.69 Å². The summed E-state index contributed by atoms with van der Waals surface area (Å²) in [5.41, 5.74) is 1.36. The van der Waals surface area contributed by atoms with Crippen molar-refractivity contribution in [1.29, 1.82) is 0 Å². The van der Waals surface area contributed by atoms with Crippen molar-refractivity contribution in [2.75, 3.05) is 11.0 Å². The van der Waals surface area contributed by atoms with Crippen molar-refractivity contribution < 1.29 is 16.8 Å². The molecule has 0 aliphatic heterocycles. The van der Waals surface area contributed by atoms with Crippen LogP contribution in [-0.2, 0) is 26.3 Å². The Morgan fingerprint density at radius 1 is 0.909 bits per heavy atom. The number of hydrogen-bond donors (Lipinski definition) is 1. The molecule has 22 heavy (non-hydrogen) atoms. The van der Waals surface area contributed by atoms with Gasteiger partial charge in [0.05, 0.1) is 15.5 Å². The number of sulfone groups is 1. The first kappa shape index (κ1) is 16.5. The number of nitrogens with one attached hydrogen (secondary N) is 1. The largest absolute Gasteiger partial charge is 0.279 e. The van der Waals surface area contributed by atoms with Gasteiger partial charge >= 0.3 is 0 Å². The summed E-state index contributed by atoms with van der Waals surface area (Å²) in [7, 11) is -7.31. The van der Waals surface area contributed by atoms with Crippen molar-refractivity contribution in [1.82, 2.24) is 0 Å². The molecule has 0 fully saturated rings. The molecule has 0 radical (unpaired) electrons. The Balaban J connectivity index is 2.43. The zero-order chi connectivity index (χ0) is 16.4. The van der Waals surface area contributed by atoms with Crippen LogP contribution in [0, 0.1) is 0 Å². The molecular weight excluding hydrogens is 322 g/mol. The third-order valence-corrected chi connectivity index (χ3v) is 5.66. The van der Waals surface area contributed by atoms with Gasteiger partial charge in [-0.05, 0) is 36.2 Å².